The first-order chi connectivity index (χ1) is 9.67. The largest absolute Gasteiger partial charge is 0.334 e. The summed E-state index contributed by atoms with van der Waals surface area (Å²) in [5, 5.41) is 6.63. The second-order valence-corrected chi connectivity index (χ2v) is 5.72. The van der Waals surface area contributed by atoms with Crippen LogP contribution < -0.4 is 16.1 Å². The number of nitrogens with zero attached hydrogens (tertiary/aromatic N) is 1. The van der Waals surface area contributed by atoms with E-state index in [1.165, 1.54) is 18.4 Å². The molecule has 0 saturated heterocycles. The third-order valence-electron chi connectivity index (χ3n) is 2.30. The van der Waals surface area contributed by atoms with Crippen molar-refractivity contribution in [2.24, 2.45) is 0 Å². The summed E-state index contributed by atoms with van der Waals surface area (Å²) >= 11 is 4.65. The van der Waals surface area contributed by atoms with Crippen LogP contribution in [0.5, 0.6) is 0 Å². The Morgan fingerprint density at radius 3 is 2.85 bits per heavy atom. The van der Waals surface area contributed by atoms with Crippen LogP contribution in [-0.4, -0.2) is 18.1 Å². The van der Waals surface area contributed by atoms with E-state index < -0.39 is 0 Å². The maximum absolute atomic E-state index is 11.7. The predicted octanol–water partition coefficient (Wildman–Crippen LogP) is 3.20. The Morgan fingerprint density at radius 1 is 1.40 bits per heavy atom. The number of hydrogen-bond acceptors (Lipinski definition) is 5. The van der Waals surface area contributed by atoms with E-state index in [1.807, 2.05) is 24.3 Å². The summed E-state index contributed by atoms with van der Waals surface area (Å²) < 4.78 is 1.01. The van der Waals surface area contributed by atoms with Gasteiger partial charge < -0.3 is 5.32 Å². The normalized spacial score (nSPS) is 10.1. The molecule has 2 rings (SSSR count). The van der Waals surface area contributed by atoms with Crippen molar-refractivity contribution in [3.8, 4) is 0 Å². The van der Waals surface area contributed by atoms with Gasteiger partial charge in [-0.3, -0.25) is 15.6 Å². The number of anilines is 2. The van der Waals surface area contributed by atoms with Crippen LogP contribution in [0.1, 0.15) is 5.56 Å². The Hall–Kier alpha value is -1.64. The summed E-state index contributed by atoms with van der Waals surface area (Å²) in [4.78, 5) is 20.5. The van der Waals surface area contributed by atoms with E-state index in [0.29, 0.717) is 11.7 Å². The molecule has 0 fully saturated rings. The first-order valence-electron chi connectivity index (χ1n) is 5.71. The van der Waals surface area contributed by atoms with Crippen molar-refractivity contribution >= 4 is 43.4 Å². The van der Waals surface area contributed by atoms with E-state index in [9.17, 15) is 4.79 Å². The molecule has 1 aromatic carbocycles. The lowest BCUT2D eigenvalue weighted by Gasteiger charge is -2.05. The van der Waals surface area contributed by atoms with Gasteiger partial charge in [-0.15, -0.1) is 0 Å². The van der Waals surface area contributed by atoms with Gasteiger partial charge in [-0.05, 0) is 17.7 Å². The molecule has 0 radical (unpaired) electrons. The SMILES string of the molecule is CONc1cnc(NC(=O)NCc2ccc(Br)cc2)s1. The van der Waals surface area contributed by atoms with Crippen LogP contribution >= 0.6 is 27.3 Å². The summed E-state index contributed by atoms with van der Waals surface area (Å²) in [6, 6.07) is 7.44. The number of urea groups is 1. The minimum atomic E-state index is -0.300. The van der Waals surface area contributed by atoms with Gasteiger partial charge in [0.05, 0.1) is 13.3 Å². The number of hydrogen-bond donors (Lipinski definition) is 3. The lowest BCUT2D eigenvalue weighted by molar-refractivity contribution is 0.251. The van der Waals surface area contributed by atoms with Gasteiger partial charge in [-0.2, -0.15) is 0 Å². The molecular weight excluding hydrogens is 344 g/mol. The molecule has 2 amide bonds. The Balaban J connectivity index is 1.81. The highest BCUT2D eigenvalue weighted by Gasteiger charge is 2.06. The number of rotatable bonds is 5. The van der Waals surface area contributed by atoms with E-state index in [1.54, 1.807) is 6.20 Å². The van der Waals surface area contributed by atoms with E-state index in [0.717, 1.165) is 15.0 Å². The fraction of sp³-hybridized carbons (Fsp3) is 0.167. The number of carbonyl (C=O) groups excluding carboxylic acids is 1. The monoisotopic (exact) mass is 356 g/mol. The van der Waals surface area contributed by atoms with Gasteiger partial charge in [0.2, 0.25) is 0 Å². The molecule has 20 heavy (non-hydrogen) atoms. The lowest BCUT2D eigenvalue weighted by atomic mass is 10.2. The number of benzene rings is 1. The average Bonchev–Trinajstić information content (AvgIpc) is 2.86. The Kier molecular flexibility index (Phi) is 5.33. The van der Waals surface area contributed by atoms with Crippen LogP contribution in [0.4, 0.5) is 14.9 Å². The molecule has 1 aromatic heterocycles. The minimum Gasteiger partial charge on any atom is -0.334 e. The van der Waals surface area contributed by atoms with Crippen molar-refractivity contribution in [3.05, 3.63) is 40.5 Å². The second-order valence-electron chi connectivity index (χ2n) is 3.77. The topological polar surface area (TPSA) is 75.3 Å². The fourth-order valence-electron chi connectivity index (χ4n) is 1.41. The zero-order chi connectivity index (χ0) is 14.4. The molecule has 0 atom stereocenters. The lowest BCUT2D eigenvalue weighted by Crippen LogP contribution is -2.28. The minimum absolute atomic E-state index is 0.300. The van der Waals surface area contributed by atoms with Gasteiger partial charge in [-0.1, -0.05) is 39.4 Å². The van der Waals surface area contributed by atoms with Crippen LogP contribution in [0.3, 0.4) is 0 Å². The highest BCUT2D eigenvalue weighted by molar-refractivity contribution is 9.10. The Labute approximate surface area is 128 Å². The van der Waals surface area contributed by atoms with E-state index in [-0.39, 0.29) is 6.03 Å². The van der Waals surface area contributed by atoms with Crippen molar-refractivity contribution in [2.45, 2.75) is 6.54 Å². The molecule has 3 N–H and O–H groups in total. The average molecular weight is 357 g/mol. The van der Waals surface area contributed by atoms with E-state index in [4.69, 9.17) is 4.84 Å². The first kappa shape index (κ1) is 14.8. The third kappa shape index (κ3) is 4.48. The zero-order valence-electron chi connectivity index (χ0n) is 10.6. The molecular formula is C12H13BrN4O2S. The van der Waals surface area contributed by atoms with Crippen molar-refractivity contribution in [1.82, 2.24) is 10.3 Å². The maximum Gasteiger partial charge on any atom is 0.321 e. The van der Waals surface area contributed by atoms with Gasteiger partial charge in [0.15, 0.2) is 5.13 Å². The van der Waals surface area contributed by atoms with Crippen LogP contribution in [0.25, 0.3) is 0 Å². The molecule has 0 aliphatic rings. The number of amides is 2. The van der Waals surface area contributed by atoms with Crippen LogP contribution in [0, 0.1) is 0 Å². The number of thiazole rings is 1. The first-order valence-corrected chi connectivity index (χ1v) is 7.32. The molecule has 1 heterocycles. The maximum atomic E-state index is 11.7. The Morgan fingerprint density at radius 2 is 2.15 bits per heavy atom. The Bertz CT molecular complexity index is 573. The summed E-state index contributed by atoms with van der Waals surface area (Å²) in [6.45, 7) is 0.452. The summed E-state index contributed by atoms with van der Waals surface area (Å²) in [5.74, 6) is 0. The predicted molar refractivity (Wildman–Crippen MR) is 82.7 cm³/mol. The molecule has 0 aliphatic carbocycles. The highest BCUT2D eigenvalue weighted by atomic mass is 79.9. The molecule has 0 saturated carbocycles. The fourth-order valence-corrected chi connectivity index (χ4v) is 2.36. The molecule has 8 heteroatoms. The van der Waals surface area contributed by atoms with Gasteiger partial charge in [0.1, 0.15) is 5.00 Å². The second kappa shape index (κ2) is 7.22. The van der Waals surface area contributed by atoms with E-state index in [2.05, 4.69) is 37.0 Å². The van der Waals surface area contributed by atoms with Crippen molar-refractivity contribution in [3.63, 3.8) is 0 Å². The van der Waals surface area contributed by atoms with Crippen LogP contribution in [0.2, 0.25) is 0 Å². The van der Waals surface area contributed by atoms with Crippen molar-refractivity contribution < 1.29 is 9.63 Å². The molecule has 2 aromatic rings. The molecule has 0 unspecified atom stereocenters. The molecule has 0 aliphatic heterocycles. The smallest absolute Gasteiger partial charge is 0.321 e. The van der Waals surface area contributed by atoms with Crippen molar-refractivity contribution in [1.29, 1.82) is 0 Å². The van der Waals surface area contributed by atoms with E-state index >= 15 is 0 Å². The van der Waals surface area contributed by atoms with Gasteiger partial charge >= 0.3 is 6.03 Å². The summed E-state index contributed by atoms with van der Waals surface area (Å²) in [6.07, 6.45) is 1.58. The number of halogens is 1. The van der Waals surface area contributed by atoms with Gasteiger partial charge in [0.25, 0.3) is 0 Å². The van der Waals surface area contributed by atoms with Crippen LogP contribution in [0.15, 0.2) is 34.9 Å². The molecule has 106 valence electrons. The number of nitrogens with one attached hydrogen (secondary N) is 3. The quantitative estimate of drug-likeness (QED) is 0.719. The molecule has 0 spiro atoms. The third-order valence-corrected chi connectivity index (χ3v) is 3.63. The number of aromatic nitrogens is 1. The van der Waals surface area contributed by atoms with Gasteiger partial charge in [0, 0.05) is 11.0 Å². The van der Waals surface area contributed by atoms with Gasteiger partial charge in [-0.25, -0.2) is 9.78 Å². The summed E-state index contributed by atoms with van der Waals surface area (Å²) in [7, 11) is 1.51. The zero-order valence-corrected chi connectivity index (χ0v) is 13.0. The highest BCUT2D eigenvalue weighted by Crippen LogP contribution is 2.22. The standard InChI is InChI=1S/C12H13BrN4O2S/c1-19-17-10-7-15-12(20-10)16-11(18)14-6-8-2-4-9(13)5-3-8/h2-5,7,17H,6H2,1H3,(H2,14,15,16,18). The molecule has 0 bridgehead atoms. The van der Waals surface area contributed by atoms with Crippen LogP contribution in [-0.2, 0) is 11.4 Å². The summed E-state index contributed by atoms with van der Waals surface area (Å²) in [5.41, 5.74) is 3.66. The number of carbonyl (C=O) groups is 1. The van der Waals surface area contributed by atoms with Crippen molar-refractivity contribution in [2.75, 3.05) is 17.9 Å². The molecule has 6 nitrogen and oxygen atoms in total.